The number of halogens is 1. The minimum absolute atomic E-state index is 0.293. The van der Waals surface area contributed by atoms with Crippen LogP contribution in [-0.4, -0.2) is 35.1 Å². The molecule has 0 aromatic heterocycles. The van der Waals surface area contributed by atoms with Crippen LogP contribution in [0.2, 0.25) is 0 Å². The Labute approximate surface area is 95.4 Å². The zero-order valence-electron chi connectivity index (χ0n) is 8.91. The van der Waals surface area contributed by atoms with Gasteiger partial charge >= 0.3 is 6.09 Å². The van der Waals surface area contributed by atoms with E-state index in [-0.39, 0.29) is 0 Å². The molecule has 1 saturated heterocycles. The Balaban J connectivity index is 1.92. The first-order valence-corrected chi connectivity index (χ1v) is 6.22. The fourth-order valence-corrected chi connectivity index (χ4v) is 3.26. The summed E-state index contributed by atoms with van der Waals surface area (Å²) in [6.45, 7) is 1.47. The number of rotatable bonds is 1. The Hall–Kier alpha value is -0.440. The third-order valence-electron chi connectivity index (χ3n) is 4.09. The first-order chi connectivity index (χ1) is 7.15. The number of hydrogen-bond donors (Lipinski definition) is 1. The number of alkyl halides is 1. The summed E-state index contributed by atoms with van der Waals surface area (Å²) < 4.78 is 0. The van der Waals surface area contributed by atoms with E-state index >= 15 is 0 Å². The van der Waals surface area contributed by atoms with Crippen LogP contribution < -0.4 is 0 Å². The van der Waals surface area contributed by atoms with Crippen molar-refractivity contribution < 1.29 is 9.90 Å². The quantitative estimate of drug-likeness (QED) is 0.705. The molecule has 1 aliphatic heterocycles. The van der Waals surface area contributed by atoms with Crippen molar-refractivity contribution in [2.45, 2.75) is 32.1 Å². The van der Waals surface area contributed by atoms with Gasteiger partial charge in [-0.1, -0.05) is 0 Å². The van der Waals surface area contributed by atoms with Crippen LogP contribution >= 0.6 is 11.6 Å². The van der Waals surface area contributed by atoms with Gasteiger partial charge in [0.2, 0.25) is 0 Å². The van der Waals surface area contributed by atoms with Crippen molar-refractivity contribution in [1.82, 2.24) is 4.90 Å². The molecule has 0 unspecified atom stereocenters. The summed E-state index contributed by atoms with van der Waals surface area (Å²) in [6, 6.07) is 0. The van der Waals surface area contributed by atoms with Gasteiger partial charge in [-0.05, 0) is 43.4 Å². The zero-order chi connectivity index (χ0) is 10.9. The number of likely N-dealkylation sites (tertiary alicyclic amines) is 1. The van der Waals surface area contributed by atoms with Crippen LogP contribution in [0.5, 0.6) is 0 Å². The predicted molar refractivity (Wildman–Crippen MR) is 59.3 cm³/mol. The molecule has 2 fully saturated rings. The van der Waals surface area contributed by atoms with Gasteiger partial charge in [-0.25, -0.2) is 4.79 Å². The van der Waals surface area contributed by atoms with Crippen molar-refractivity contribution >= 4 is 17.7 Å². The van der Waals surface area contributed by atoms with Crippen LogP contribution in [0.25, 0.3) is 0 Å². The number of carboxylic acid groups (broad SMARTS) is 1. The lowest BCUT2D eigenvalue weighted by Crippen LogP contribution is -2.33. The van der Waals surface area contributed by atoms with Crippen LogP contribution in [0, 0.1) is 11.3 Å². The van der Waals surface area contributed by atoms with Crippen LogP contribution in [-0.2, 0) is 0 Å². The highest BCUT2D eigenvalue weighted by atomic mass is 35.5. The number of nitrogens with zero attached hydrogens (tertiary/aromatic N) is 1. The van der Waals surface area contributed by atoms with Crippen molar-refractivity contribution in [3.8, 4) is 0 Å². The molecule has 1 spiro atoms. The third-order valence-corrected chi connectivity index (χ3v) is 4.53. The molecule has 1 aliphatic carbocycles. The van der Waals surface area contributed by atoms with Gasteiger partial charge in [-0.2, -0.15) is 0 Å². The molecule has 2 aliphatic rings. The largest absolute Gasteiger partial charge is 0.465 e. The second-order valence-corrected chi connectivity index (χ2v) is 5.36. The summed E-state index contributed by atoms with van der Waals surface area (Å²) in [6.07, 6.45) is 4.97. The number of carbonyl (C=O) groups is 1. The van der Waals surface area contributed by atoms with Crippen molar-refractivity contribution in [2.24, 2.45) is 11.3 Å². The second-order valence-electron chi connectivity index (χ2n) is 5.05. The summed E-state index contributed by atoms with van der Waals surface area (Å²) in [4.78, 5) is 12.4. The molecule has 2 rings (SSSR count). The highest BCUT2D eigenvalue weighted by Crippen LogP contribution is 2.45. The first kappa shape index (κ1) is 11.1. The maximum atomic E-state index is 10.9. The van der Waals surface area contributed by atoms with Crippen molar-refractivity contribution in [3.63, 3.8) is 0 Å². The van der Waals surface area contributed by atoms with E-state index in [1.165, 1.54) is 12.8 Å². The zero-order valence-corrected chi connectivity index (χ0v) is 9.67. The summed E-state index contributed by atoms with van der Waals surface area (Å²) in [5, 5.41) is 8.93. The van der Waals surface area contributed by atoms with E-state index in [9.17, 15) is 4.79 Å². The Kier molecular flexibility index (Phi) is 3.10. The van der Waals surface area contributed by atoms with Crippen molar-refractivity contribution in [3.05, 3.63) is 0 Å². The topological polar surface area (TPSA) is 40.5 Å². The van der Waals surface area contributed by atoms with E-state index in [1.807, 2.05) is 0 Å². The van der Waals surface area contributed by atoms with E-state index in [2.05, 4.69) is 0 Å². The lowest BCUT2D eigenvalue weighted by Gasteiger charge is -2.36. The molecule has 4 heteroatoms. The smallest absolute Gasteiger partial charge is 0.407 e. The Bertz CT molecular complexity index is 249. The lowest BCUT2D eigenvalue weighted by atomic mass is 9.70. The SMILES string of the molecule is O=C(O)N1CCC2(CCC(CCl)CC2)C1. The van der Waals surface area contributed by atoms with Crippen LogP contribution in [0.3, 0.4) is 0 Å². The van der Waals surface area contributed by atoms with Gasteiger partial charge < -0.3 is 10.0 Å². The van der Waals surface area contributed by atoms with E-state index in [1.54, 1.807) is 4.90 Å². The normalized spacial score (nSPS) is 36.1. The summed E-state index contributed by atoms with van der Waals surface area (Å²) in [5.74, 6) is 1.43. The molecule has 86 valence electrons. The first-order valence-electron chi connectivity index (χ1n) is 5.69. The number of amides is 1. The van der Waals surface area contributed by atoms with Crippen molar-refractivity contribution in [1.29, 1.82) is 0 Å². The highest BCUT2D eigenvalue weighted by Gasteiger charge is 2.42. The fourth-order valence-electron chi connectivity index (χ4n) is 2.95. The summed E-state index contributed by atoms with van der Waals surface area (Å²) >= 11 is 5.85. The molecule has 0 aromatic rings. The summed E-state index contributed by atoms with van der Waals surface area (Å²) in [5.41, 5.74) is 0.293. The predicted octanol–water partition coefficient (Wildman–Crippen LogP) is 2.79. The van der Waals surface area contributed by atoms with E-state index in [0.717, 1.165) is 38.2 Å². The van der Waals surface area contributed by atoms with Gasteiger partial charge in [0.25, 0.3) is 0 Å². The maximum Gasteiger partial charge on any atom is 0.407 e. The molecule has 1 heterocycles. The molecule has 1 amide bonds. The van der Waals surface area contributed by atoms with Crippen LogP contribution in [0.15, 0.2) is 0 Å². The van der Waals surface area contributed by atoms with Gasteiger partial charge in [0.1, 0.15) is 0 Å². The Morgan fingerprint density at radius 1 is 1.40 bits per heavy atom. The summed E-state index contributed by atoms with van der Waals surface area (Å²) in [7, 11) is 0. The molecule has 0 radical (unpaired) electrons. The minimum Gasteiger partial charge on any atom is -0.465 e. The molecular formula is C11H18ClNO2. The molecule has 1 N–H and O–H groups in total. The average Bonchev–Trinajstić information content (AvgIpc) is 2.64. The molecule has 0 atom stereocenters. The molecule has 15 heavy (non-hydrogen) atoms. The van der Waals surface area contributed by atoms with Gasteiger partial charge in [-0.3, -0.25) is 0 Å². The standard InChI is InChI=1S/C11H18ClNO2/c12-7-9-1-3-11(4-2-9)5-6-13(8-11)10(14)15/h9H,1-8H2,(H,14,15). The molecule has 0 aromatic carbocycles. The van der Waals surface area contributed by atoms with E-state index < -0.39 is 6.09 Å². The maximum absolute atomic E-state index is 10.9. The molecule has 3 nitrogen and oxygen atoms in total. The van der Waals surface area contributed by atoms with Crippen LogP contribution in [0.1, 0.15) is 32.1 Å². The van der Waals surface area contributed by atoms with E-state index in [0.29, 0.717) is 11.3 Å². The minimum atomic E-state index is -0.758. The second kappa shape index (κ2) is 4.20. The van der Waals surface area contributed by atoms with Gasteiger partial charge in [0, 0.05) is 19.0 Å². The third kappa shape index (κ3) is 2.22. The molecule has 1 saturated carbocycles. The van der Waals surface area contributed by atoms with Crippen LogP contribution in [0.4, 0.5) is 4.79 Å². The lowest BCUT2D eigenvalue weighted by molar-refractivity contribution is 0.132. The van der Waals surface area contributed by atoms with Crippen molar-refractivity contribution in [2.75, 3.05) is 19.0 Å². The van der Waals surface area contributed by atoms with Gasteiger partial charge in [0.15, 0.2) is 0 Å². The Morgan fingerprint density at radius 3 is 2.53 bits per heavy atom. The monoisotopic (exact) mass is 231 g/mol. The highest BCUT2D eigenvalue weighted by molar-refractivity contribution is 6.18. The average molecular weight is 232 g/mol. The van der Waals surface area contributed by atoms with Gasteiger partial charge in [-0.15, -0.1) is 11.6 Å². The molecular weight excluding hydrogens is 214 g/mol. The Morgan fingerprint density at radius 2 is 2.07 bits per heavy atom. The van der Waals surface area contributed by atoms with E-state index in [4.69, 9.17) is 16.7 Å². The fraction of sp³-hybridized carbons (Fsp3) is 0.909. The van der Waals surface area contributed by atoms with Gasteiger partial charge in [0.05, 0.1) is 0 Å². The number of hydrogen-bond acceptors (Lipinski definition) is 1. The molecule has 0 bridgehead atoms.